The maximum absolute atomic E-state index is 4.91. The lowest BCUT2D eigenvalue weighted by Crippen LogP contribution is -2.30. The van der Waals surface area contributed by atoms with E-state index in [-0.39, 0.29) is 0 Å². The van der Waals surface area contributed by atoms with Gasteiger partial charge in [-0.1, -0.05) is 0 Å². The van der Waals surface area contributed by atoms with Crippen LogP contribution >= 0.6 is 11.3 Å². The van der Waals surface area contributed by atoms with Crippen LogP contribution in [0.1, 0.15) is 25.0 Å². The Morgan fingerprint density at radius 3 is 3.05 bits per heavy atom. The maximum atomic E-state index is 4.91. The van der Waals surface area contributed by atoms with Crippen LogP contribution in [0, 0.1) is 0 Å². The molecular weight excluding hydrogens is 282 g/mol. The largest absolute Gasteiger partial charge is 0.354 e. The van der Waals surface area contributed by atoms with Crippen LogP contribution in [0.2, 0.25) is 0 Å². The van der Waals surface area contributed by atoms with E-state index in [9.17, 15) is 0 Å². The summed E-state index contributed by atoms with van der Waals surface area (Å²) in [5.74, 6) is 1.20. The Hall–Kier alpha value is -1.11. The summed E-state index contributed by atoms with van der Waals surface area (Å²) in [6.07, 6.45) is 6.03. The standard InChI is InChI=1S/C15H23N5S/c1-18-5-2-6-19(8-7-18)14-13(11-16-12-3-4-12)20-9-10-21-15(20)17-14/h9-10,12,16H,2-8,11H2,1H3. The minimum Gasteiger partial charge on any atom is -0.354 e. The summed E-state index contributed by atoms with van der Waals surface area (Å²) in [4.78, 5) is 10.9. The number of nitrogens with one attached hydrogen (secondary N) is 1. The van der Waals surface area contributed by atoms with Gasteiger partial charge in [-0.25, -0.2) is 4.98 Å². The van der Waals surface area contributed by atoms with Crippen molar-refractivity contribution < 1.29 is 0 Å². The molecule has 1 N–H and O–H groups in total. The summed E-state index contributed by atoms with van der Waals surface area (Å²) in [7, 11) is 2.21. The Labute approximate surface area is 129 Å². The number of rotatable bonds is 4. The Kier molecular flexibility index (Phi) is 3.61. The fraction of sp³-hybridized carbons (Fsp3) is 0.667. The highest BCUT2D eigenvalue weighted by molar-refractivity contribution is 7.15. The quantitative estimate of drug-likeness (QED) is 0.934. The van der Waals surface area contributed by atoms with Crippen molar-refractivity contribution in [1.82, 2.24) is 19.6 Å². The van der Waals surface area contributed by atoms with E-state index in [0.717, 1.165) is 37.2 Å². The van der Waals surface area contributed by atoms with Crippen LogP contribution in [0.3, 0.4) is 0 Å². The Morgan fingerprint density at radius 2 is 2.19 bits per heavy atom. The lowest BCUT2D eigenvalue weighted by atomic mass is 10.3. The van der Waals surface area contributed by atoms with Gasteiger partial charge in [-0.3, -0.25) is 4.40 Å². The summed E-state index contributed by atoms with van der Waals surface area (Å²) in [6, 6.07) is 0.734. The van der Waals surface area contributed by atoms with Gasteiger partial charge < -0.3 is 15.1 Å². The topological polar surface area (TPSA) is 35.8 Å². The highest BCUT2D eigenvalue weighted by Gasteiger charge is 2.24. The Balaban J connectivity index is 1.62. The normalized spacial score (nSPS) is 21.1. The predicted molar refractivity (Wildman–Crippen MR) is 87.3 cm³/mol. The van der Waals surface area contributed by atoms with Gasteiger partial charge in [0.05, 0.1) is 5.69 Å². The van der Waals surface area contributed by atoms with Crippen molar-refractivity contribution in [3.63, 3.8) is 0 Å². The summed E-state index contributed by atoms with van der Waals surface area (Å²) < 4.78 is 2.27. The molecule has 0 spiro atoms. The zero-order chi connectivity index (χ0) is 14.2. The first-order valence-electron chi connectivity index (χ1n) is 7.92. The second-order valence-corrected chi connectivity index (χ2v) is 7.11. The molecule has 0 radical (unpaired) electrons. The number of thiazole rings is 1. The molecule has 6 heteroatoms. The molecule has 2 aliphatic rings. The van der Waals surface area contributed by atoms with Crippen molar-refractivity contribution in [2.75, 3.05) is 38.1 Å². The monoisotopic (exact) mass is 305 g/mol. The van der Waals surface area contributed by atoms with Crippen molar-refractivity contribution in [2.24, 2.45) is 0 Å². The number of hydrogen-bond donors (Lipinski definition) is 1. The molecule has 2 fully saturated rings. The summed E-state index contributed by atoms with van der Waals surface area (Å²) in [5, 5.41) is 5.78. The van der Waals surface area contributed by atoms with Gasteiger partial charge in [0.15, 0.2) is 10.8 Å². The van der Waals surface area contributed by atoms with Crippen molar-refractivity contribution in [3.05, 3.63) is 17.3 Å². The molecule has 4 rings (SSSR count). The summed E-state index contributed by atoms with van der Waals surface area (Å²) in [5.41, 5.74) is 1.34. The third-order valence-electron chi connectivity index (χ3n) is 4.49. The molecule has 1 saturated carbocycles. The van der Waals surface area contributed by atoms with Gasteiger partial charge in [-0.15, -0.1) is 11.3 Å². The highest BCUT2D eigenvalue weighted by Crippen LogP contribution is 2.27. The van der Waals surface area contributed by atoms with E-state index >= 15 is 0 Å². The van der Waals surface area contributed by atoms with Crippen LogP contribution < -0.4 is 10.2 Å². The zero-order valence-corrected chi connectivity index (χ0v) is 13.4. The minimum absolute atomic E-state index is 0.734. The highest BCUT2D eigenvalue weighted by atomic mass is 32.1. The lowest BCUT2D eigenvalue weighted by molar-refractivity contribution is 0.360. The van der Waals surface area contributed by atoms with Gasteiger partial charge in [-0.05, 0) is 32.9 Å². The minimum atomic E-state index is 0.734. The number of fused-ring (bicyclic) bond motifs is 1. The van der Waals surface area contributed by atoms with Gasteiger partial charge in [0.25, 0.3) is 0 Å². The number of likely N-dealkylation sites (N-methyl/N-ethyl adjacent to an activating group) is 1. The first-order chi connectivity index (χ1) is 10.3. The third kappa shape index (κ3) is 2.80. The molecule has 2 aromatic rings. The first-order valence-corrected chi connectivity index (χ1v) is 8.80. The molecular formula is C15H23N5S. The van der Waals surface area contributed by atoms with Crippen LogP contribution in [0.5, 0.6) is 0 Å². The number of hydrogen-bond acceptors (Lipinski definition) is 5. The molecule has 1 saturated heterocycles. The fourth-order valence-electron chi connectivity index (χ4n) is 3.03. The molecule has 3 heterocycles. The van der Waals surface area contributed by atoms with E-state index in [2.05, 4.69) is 38.1 Å². The molecule has 0 atom stereocenters. The van der Waals surface area contributed by atoms with E-state index in [1.165, 1.54) is 37.3 Å². The molecule has 0 amide bonds. The molecule has 2 aromatic heterocycles. The van der Waals surface area contributed by atoms with Crippen LogP contribution in [-0.4, -0.2) is 53.6 Å². The Bertz CT molecular complexity index is 615. The fourth-order valence-corrected chi connectivity index (χ4v) is 3.75. The zero-order valence-electron chi connectivity index (χ0n) is 12.6. The molecule has 0 bridgehead atoms. The van der Waals surface area contributed by atoms with Gasteiger partial charge in [0, 0.05) is 43.8 Å². The first kappa shape index (κ1) is 13.5. The van der Waals surface area contributed by atoms with Gasteiger partial charge >= 0.3 is 0 Å². The van der Waals surface area contributed by atoms with E-state index in [0.29, 0.717) is 0 Å². The average Bonchev–Trinajstić information content (AvgIpc) is 3.14. The van der Waals surface area contributed by atoms with Crippen LogP contribution in [0.4, 0.5) is 5.82 Å². The summed E-state index contributed by atoms with van der Waals surface area (Å²) in [6.45, 7) is 5.45. The van der Waals surface area contributed by atoms with Crippen molar-refractivity contribution in [2.45, 2.75) is 31.8 Å². The van der Waals surface area contributed by atoms with E-state index < -0.39 is 0 Å². The van der Waals surface area contributed by atoms with Gasteiger partial charge in [0.2, 0.25) is 0 Å². The summed E-state index contributed by atoms with van der Waals surface area (Å²) >= 11 is 1.73. The van der Waals surface area contributed by atoms with Crippen LogP contribution in [-0.2, 0) is 6.54 Å². The third-order valence-corrected chi connectivity index (χ3v) is 5.25. The average molecular weight is 305 g/mol. The smallest absolute Gasteiger partial charge is 0.195 e. The lowest BCUT2D eigenvalue weighted by Gasteiger charge is -2.22. The second-order valence-electron chi connectivity index (χ2n) is 6.24. The predicted octanol–water partition coefficient (Wildman–Crippen LogP) is 1.79. The van der Waals surface area contributed by atoms with Crippen molar-refractivity contribution in [3.8, 4) is 0 Å². The molecule has 0 unspecified atom stereocenters. The van der Waals surface area contributed by atoms with Crippen molar-refractivity contribution >= 4 is 22.1 Å². The van der Waals surface area contributed by atoms with Crippen LogP contribution in [0.25, 0.3) is 4.96 Å². The van der Waals surface area contributed by atoms with Gasteiger partial charge in [0.1, 0.15) is 0 Å². The molecule has 114 valence electrons. The van der Waals surface area contributed by atoms with Gasteiger partial charge in [-0.2, -0.15) is 0 Å². The van der Waals surface area contributed by atoms with E-state index in [1.54, 1.807) is 11.3 Å². The second kappa shape index (κ2) is 5.59. The number of imidazole rings is 1. The van der Waals surface area contributed by atoms with Crippen molar-refractivity contribution in [1.29, 1.82) is 0 Å². The SMILES string of the molecule is CN1CCCN(c2nc3sccn3c2CNC2CC2)CC1. The number of anilines is 1. The molecule has 1 aliphatic heterocycles. The van der Waals surface area contributed by atoms with E-state index in [4.69, 9.17) is 4.98 Å². The van der Waals surface area contributed by atoms with E-state index in [1.807, 2.05) is 0 Å². The van der Waals surface area contributed by atoms with Crippen LogP contribution in [0.15, 0.2) is 11.6 Å². The Morgan fingerprint density at radius 1 is 1.29 bits per heavy atom. The maximum Gasteiger partial charge on any atom is 0.195 e. The molecule has 5 nitrogen and oxygen atoms in total. The molecule has 0 aromatic carbocycles. The number of aromatic nitrogens is 2. The molecule has 1 aliphatic carbocycles. The molecule has 21 heavy (non-hydrogen) atoms. The number of nitrogens with zero attached hydrogens (tertiary/aromatic N) is 4.